The molecule has 98 valence electrons. The maximum atomic E-state index is 12.7. The molecule has 0 fully saturated rings. The Morgan fingerprint density at radius 3 is 2.56 bits per heavy atom. The Morgan fingerprint density at radius 2 is 2.06 bits per heavy atom. The van der Waals surface area contributed by atoms with Crippen molar-refractivity contribution in [2.24, 2.45) is 5.73 Å². The molecule has 1 aromatic carbocycles. The number of nitrogens with one attached hydrogen (secondary N) is 2. The monoisotopic (exact) mass is 252 g/mol. The van der Waals surface area contributed by atoms with Gasteiger partial charge < -0.3 is 16.0 Å². The van der Waals surface area contributed by atoms with E-state index in [1.165, 1.54) is 29.2 Å². The number of nitrogens with zero attached hydrogens (tertiary/aromatic N) is 1. The summed E-state index contributed by atoms with van der Waals surface area (Å²) in [5.74, 6) is -0.431. The van der Waals surface area contributed by atoms with Gasteiger partial charge in [0.2, 0.25) is 0 Å². The van der Waals surface area contributed by atoms with Crippen LogP contribution in [0.1, 0.15) is 13.3 Å². The first-order valence-corrected chi connectivity index (χ1v) is 5.67. The standard InChI is InChI=1S/C12H17FN4O/c1-2-7-17(8-11(14)15)12(18)16-10-5-3-9(13)4-6-10/h3-6H,2,7-8H2,1H3,(H3,14,15)(H,16,18). The van der Waals surface area contributed by atoms with E-state index in [9.17, 15) is 9.18 Å². The molecule has 0 aliphatic rings. The molecule has 1 aromatic rings. The third-order valence-corrected chi connectivity index (χ3v) is 2.24. The summed E-state index contributed by atoms with van der Waals surface area (Å²) in [5.41, 5.74) is 5.79. The molecule has 1 rings (SSSR count). The van der Waals surface area contributed by atoms with Crippen molar-refractivity contribution in [2.75, 3.05) is 18.4 Å². The van der Waals surface area contributed by atoms with Crippen molar-refractivity contribution in [1.29, 1.82) is 5.41 Å². The fraction of sp³-hybridized carbons (Fsp3) is 0.333. The number of hydrogen-bond donors (Lipinski definition) is 3. The number of rotatable bonds is 5. The highest BCUT2D eigenvalue weighted by atomic mass is 19.1. The Balaban J connectivity index is 2.65. The van der Waals surface area contributed by atoms with Gasteiger partial charge in [-0.1, -0.05) is 6.92 Å². The minimum atomic E-state index is -0.359. The lowest BCUT2D eigenvalue weighted by Gasteiger charge is -2.21. The van der Waals surface area contributed by atoms with Gasteiger partial charge in [-0.15, -0.1) is 0 Å². The highest BCUT2D eigenvalue weighted by molar-refractivity contribution is 5.92. The summed E-state index contributed by atoms with van der Waals surface area (Å²) in [6.07, 6.45) is 0.768. The molecule has 0 spiro atoms. The van der Waals surface area contributed by atoms with E-state index in [-0.39, 0.29) is 24.2 Å². The van der Waals surface area contributed by atoms with Crippen LogP contribution in [0.15, 0.2) is 24.3 Å². The van der Waals surface area contributed by atoms with E-state index >= 15 is 0 Å². The van der Waals surface area contributed by atoms with Crippen molar-refractivity contribution < 1.29 is 9.18 Å². The highest BCUT2D eigenvalue weighted by Gasteiger charge is 2.13. The lowest BCUT2D eigenvalue weighted by molar-refractivity contribution is 0.218. The third kappa shape index (κ3) is 4.40. The van der Waals surface area contributed by atoms with Gasteiger partial charge in [-0.3, -0.25) is 5.41 Å². The first kappa shape index (κ1) is 14.0. The number of amidine groups is 1. The van der Waals surface area contributed by atoms with Gasteiger partial charge in [-0.05, 0) is 30.7 Å². The summed E-state index contributed by atoms with van der Waals surface area (Å²) in [6.45, 7) is 2.52. The molecule has 0 aliphatic heterocycles. The summed E-state index contributed by atoms with van der Waals surface area (Å²) in [6, 6.07) is 5.14. The first-order valence-electron chi connectivity index (χ1n) is 5.67. The second-order valence-electron chi connectivity index (χ2n) is 3.88. The fourth-order valence-corrected chi connectivity index (χ4v) is 1.46. The molecule has 5 nitrogen and oxygen atoms in total. The van der Waals surface area contributed by atoms with Crippen LogP contribution in [0.2, 0.25) is 0 Å². The van der Waals surface area contributed by atoms with Crippen molar-refractivity contribution in [1.82, 2.24) is 4.90 Å². The number of anilines is 1. The minimum absolute atomic E-state index is 0.0716. The summed E-state index contributed by atoms with van der Waals surface area (Å²) < 4.78 is 12.7. The number of carbonyl (C=O) groups is 1. The van der Waals surface area contributed by atoms with Gasteiger partial charge >= 0.3 is 6.03 Å². The number of urea groups is 1. The van der Waals surface area contributed by atoms with Crippen LogP contribution in [0.25, 0.3) is 0 Å². The van der Waals surface area contributed by atoms with Crippen LogP contribution < -0.4 is 11.1 Å². The number of amides is 2. The smallest absolute Gasteiger partial charge is 0.322 e. The zero-order valence-corrected chi connectivity index (χ0v) is 10.2. The number of halogens is 1. The van der Waals surface area contributed by atoms with Crippen LogP contribution in [0.3, 0.4) is 0 Å². The van der Waals surface area contributed by atoms with Gasteiger partial charge in [0.05, 0.1) is 6.54 Å². The van der Waals surface area contributed by atoms with Crippen LogP contribution in [-0.4, -0.2) is 29.9 Å². The van der Waals surface area contributed by atoms with Gasteiger partial charge in [-0.2, -0.15) is 0 Å². The van der Waals surface area contributed by atoms with Crippen LogP contribution in [0, 0.1) is 11.2 Å². The summed E-state index contributed by atoms with van der Waals surface area (Å²) in [7, 11) is 0. The van der Waals surface area contributed by atoms with E-state index in [0.29, 0.717) is 12.2 Å². The molecule has 0 heterocycles. The Hall–Kier alpha value is -2.11. The molecule has 0 atom stereocenters. The minimum Gasteiger partial charge on any atom is -0.386 e. The van der Waals surface area contributed by atoms with Gasteiger partial charge in [0.15, 0.2) is 0 Å². The number of nitrogens with two attached hydrogens (primary N) is 1. The molecule has 0 aliphatic carbocycles. The van der Waals surface area contributed by atoms with Crippen molar-refractivity contribution in [3.8, 4) is 0 Å². The van der Waals surface area contributed by atoms with E-state index in [2.05, 4.69) is 5.32 Å². The van der Waals surface area contributed by atoms with Crippen LogP contribution >= 0.6 is 0 Å². The Bertz CT molecular complexity index is 419. The van der Waals surface area contributed by atoms with Crippen molar-refractivity contribution in [2.45, 2.75) is 13.3 Å². The molecule has 2 amide bonds. The second-order valence-corrected chi connectivity index (χ2v) is 3.88. The predicted octanol–water partition coefficient (Wildman–Crippen LogP) is 2.01. The highest BCUT2D eigenvalue weighted by Crippen LogP contribution is 2.09. The largest absolute Gasteiger partial charge is 0.386 e. The molecular weight excluding hydrogens is 235 g/mol. The maximum Gasteiger partial charge on any atom is 0.322 e. The van der Waals surface area contributed by atoms with Crippen LogP contribution in [0.4, 0.5) is 14.9 Å². The maximum absolute atomic E-state index is 12.7. The predicted molar refractivity (Wildman–Crippen MR) is 69.2 cm³/mol. The molecule has 6 heteroatoms. The summed E-state index contributed by atoms with van der Waals surface area (Å²) in [4.78, 5) is 13.3. The second kappa shape index (κ2) is 6.58. The molecule has 0 saturated heterocycles. The first-order chi connectivity index (χ1) is 8.52. The summed E-state index contributed by atoms with van der Waals surface area (Å²) in [5, 5.41) is 9.84. The summed E-state index contributed by atoms with van der Waals surface area (Å²) >= 11 is 0. The lowest BCUT2D eigenvalue weighted by atomic mass is 10.3. The van der Waals surface area contributed by atoms with Crippen molar-refractivity contribution in [3.63, 3.8) is 0 Å². The molecule has 0 bridgehead atoms. The van der Waals surface area contributed by atoms with Crippen LogP contribution in [0.5, 0.6) is 0 Å². The van der Waals surface area contributed by atoms with E-state index in [0.717, 1.165) is 6.42 Å². The SMILES string of the molecule is CCCN(CC(=N)N)C(=O)Nc1ccc(F)cc1. The number of hydrogen-bond acceptors (Lipinski definition) is 2. The van der Waals surface area contributed by atoms with E-state index in [1.54, 1.807) is 0 Å². The zero-order valence-electron chi connectivity index (χ0n) is 10.2. The van der Waals surface area contributed by atoms with Gasteiger partial charge in [0.1, 0.15) is 11.7 Å². The molecule has 4 N–H and O–H groups in total. The van der Waals surface area contributed by atoms with E-state index in [1.807, 2.05) is 6.92 Å². The quantitative estimate of drug-likeness (QED) is 0.553. The van der Waals surface area contributed by atoms with Gasteiger partial charge in [-0.25, -0.2) is 9.18 Å². The van der Waals surface area contributed by atoms with Gasteiger partial charge in [0, 0.05) is 12.2 Å². The number of carbonyl (C=O) groups excluding carboxylic acids is 1. The van der Waals surface area contributed by atoms with Crippen molar-refractivity contribution >= 4 is 17.6 Å². The number of benzene rings is 1. The lowest BCUT2D eigenvalue weighted by Crippen LogP contribution is -2.41. The molecule has 0 saturated carbocycles. The normalized spacial score (nSPS) is 9.89. The van der Waals surface area contributed by atoms with E-state index < -0.39 is 0 Å². The Kier molecular flexibility index (Phi) is 5.10. The van der Waals surface area contributed by atoms with Crippen molar-refractivity contribution in [3.05, 3.63) is 30.1 Å². The fourth-order valence-electron chi connectivity index (χ4n) is 1.46. The Morgan fingerprint density at radius 1 is 1.44 bits per heavy atom. The van der Waals surface area contributed by atoms with Gasteiger partial charge in [0.25, 0.3) is 0 Å². The Labute approximate surface area is 105 Å². The molecule has 0 unspecified atom stereocenters. The molecule has 18 heavy (non-hydrogen) atoms. The molecule has 0 radical (unpaired) electrons. The molecular formula is C12H17FN4O. The zero-order chi connectivity index (χ0) is 13.5. The molecule has 0 aromatic heterocycles. The average Bonchev–Trinajstić information content (AvgIpc) is 2.31. The average molecular weight is 252 g/mol. The van der Waals surface area contributed by atoms with Crippen LogP contribution in [-0.2, 0) is 0 Å². The topological polar surface area (TPSA) is 82.2 Å². The van der Waals surface area contributed by atoms with E-state index in [4.69, 9.17) is 11.1 Å². The third-order valence-electron chi connectivity index (χ3n) is 2.24.